The summed E-state index contributed by atoms with van der Waals surface area (Å²) in [7, 11) is -1.15. The molecule has 0 saturated heterocycles. The molecule has 0 aliphatic heterocycles. The van der Waals surface area contributed by atoms with Crippen LogP contribution in [-0.4, -0.2) is 16.0 Å². The van der Waals surface area contributed by atoms with Gasteiger partial charge in [0.05, 0.1) is 16.0 Å². The van der Waals surface area contributed by atoms with Gasteiger partial charge in [0.15, 0.2) is 0 Å². The van der Waals surface area contributed by atoms with E-state index in [-0.39, 0.29) is 17.1 Å². The molecule has 2 aromatic rings. The van der Waals surface area contributed by atoms with Crippen LogP contribution in [0.25, 0.3) is 0 Å². The van der Waals surface area contributed by atoms with Crippen molar-refractivity contribution in [3.05, 3.63) is 65.5 Å². The smallest absolute Gasteiger partial charge is 0.123 e. The Bertz CT molecular complexity index is 656. The predicted molar refractivity (Wildman–Crippen MR) is 83.2 cm³/mol. The van der Waals surface area contributed by atoms with Gasteiger partial charge in [0.1, 0.15) is 5.82 Å². The van der Waals surface area contributed by atoms with Crippen LogP contribution in [0.15, 0.2) is 53.4 Å². The quantitative estimate of drug-likeness (QED) is 0.939. The molecule has 1 N–H and O–H groups in total. The van der Waals surface area contributed by atoms with Gasteiger partial charge in [-0.1, -0.05) is 31.2 Å². The lowest BCUT2D eigenvalue weighted by Crippen LogP contribution is -2.31. The van der Waals surface area contributed by atoms with Crippen LogP contribution in [0.5, 0.6) is 0 Å². The minimum absolute atomic E-state index is 0.00666. The molecule has 0 radical (unpaired) electrons. The van der Waals surface area contributed by atoms with Crippen molar-refractivity contribution in [2.45, 2.75) is 29.5 Å². The van der Waals surface area contributed by atoms with E-state index in [0.717, 1.165) is 13.0 Å². The second-order valence-electron chi connectivity index (χ2n) is 5.23. The fourth-order valence-electron chi connectivity index (χ4n) is 2.96. The summed E-state index contributed by atoms with van der Waals surface area (Å²) in [5.41, 5.74) is 2.49. The topological polar surface area (TPSA) is 29.1 Å². The molecule has 0 heterocycles. The van der Waals surface area contributed by atoms with Crippen LogP contribution >= 0.6 is 0 Å². The number of rotatable bonds is 4. The molecule has 1 aliphatic rings. The summed E-state index contributed by atoms with van der Waals surface area (Å²) in [6.07, 6.45) is 0.790. The molecule has 0 aromatic heterocycles. The van der Waals surface area contributed by atoms with Gasteiger partial charge >= 0.3 is 0 Å². The fourth-order valence-corrected chi connectivity index (χ4v) is 4.54. The molecule has 21 heavy (non-hydrogen) atoms. The Kier molecular flexibility index (Phi) is 4.17. The molecule has 4 heteroatoms. The van der Waals surface area contributed by atoms with E-state index in [2.05, 4.69) is 24.4 Å². The van der Waals surface area contributed by atoms with Gasteiger partial charge in [0, 0.05) is 10.9 Å². The Morgan fingerprint density at radius 1 is 1.19 bits per heavy atom. The van der Waals surface area contributed by atoms with Gasteiger partial charge in [0.2, 0.25) is 0 Å². The van der Waals surface area contributed by atoms with Gasteiger partial charge in [-0.25, -0.2) is 4.39 Å². The zero-order valence-corrected chi connectivity index (χ0v) is 12.7. The van der Waals surface area contributed by atoms with Crippen molar-refractivity contribution in [2.75, 3.05) is 6.54 Å². The third-order valence-corrected chi connectivity index (χ3v) is 5.65. The third kappa shape index (κ3) is 2.78. The summed E-state index contributed by atoms with van der Waals surface area (Å²) in [4.78, 5) is 0.692. The van der Waals surface area contributed by atoms with E-state index in [4.69, 9.17) is 0 Å². The average Bonchev–Trinajstić information content (AvgIpc) is 2.87. The zero-order valence-electron chi connectivity index (χ0n) is 11.9. The average molecular weight is 303 g/mol. The maximum atomic E-state index is 13.0. The van der Waals surface area contributed by atoms with Crippen LogP contribution in [0.4, 0.5) is 4.39 Å². The minimum Gasteiger partial charge on any atom is -0.309 e. The highest BCUT2D eigenvalue weighted by Gasteiger charge is 2.36. The molecule has 0 spiro atoms. The third-order valence-electron chi connectivity index (χ3n) is 3.93. The van der Waals surface area contributed by atoms with Crippen LogP contribution in [0.3, 0.4) is 0 Å². The fraction of sp³-hybridized carbons (Fsp3) is 0.294. The molecule has 0 amide bonds. The summed E-state index contributed by atoms with van der Waals surface area (Å²) in [6.45, 7) is 2.88. The highest BCUT2D eigenvalue weighted by Crippen LogP contribution is 2.36. The lowest BCUT2D eigenvalue weighted by molar-refractivity contribution is 0.546. The van der Waals surface area contributed by atoms with Crippen molar-refractivity contribution >= 4 is 10.8 Å². The van der Waals surface area contributed by atoms with E-state index in [1.807, 2.05) is 12.1 Å². The molecule has 0 fully saturated rings. The van der Waals surface area contributed by atoms with Gasteiger partial charge in [0.25, 0.3) is 0 Å². The van der Waals surface area contributed by atoms with Crippen LogP contribution < -0.4 is 5.32 Å². The second-order valence-corrected chi connectivity index (χ2v) is 6.90. The number of hydrogen-bond acceptors (Lipinski definition) is 2. The summed E-state index contributed by atoms with van der Waals surface area (Å²) in [5, 5.41) is 3.44. The highest BCUT2D eigenvalue weighted by molar-refractivity contribution is 7.85. The molecule has 3 rings (SSSR count). The first-order chi connectivity index (χ1) is 10.2. The normalized spacial score (nSPS) is 22.0. The SMILES string of the molecule is CCNC1c2ccccc2CC1S(=O)c1ccc(F)cc1. The van der Waals surface area contributed by atoms with Crippen molar-refractivity contribution in [3.8, 4) is 0 Å². The summed E-state index contributed by atoms with van der Waals surface area (Å²) in [6, 6.07) is 14.3. The van der Waals surface area contributed by atoms with Crippen LogP contribution in [-0.2, 0) is 17.2 Å². The van der Waals surface area contributed by atoms with Crippen molar-refractivity contribution in [3.63, 3.8) is 0 Å². The van der Waals surface area contributed by atoms with E-state index in [9.17, 15) is 8.60 Å². The van der Waals surface area contributed by atoms with Gasteiger partial charge in [-0.05, 0) is 48.4 Å². The Hall–Kier alpha value is -1.52. The molecule has 3 atom stereocenters. The predicted octanol–water partition coefficient (Wildman–Crippen LogP) is 3.21. The van der Waals surface area contributed by atoms with Crippen molar-refractivity contribution < 1.29 is 8.60 Å². The van der Waals surface area contributed by atoms with Crippen molar-refractivity contribution in [1.82, 2.24) is 5.32 Å². The van der Waals surface area contributed by atoms with Crippen LogP contribution in [0.2, 0.25) is 0 Å². The number of fused-ring (bicyclic) bond motifs is 1. The summed E-state index contributed by atoms with van der Waals surface area (Å²) < 4.78 is 25.9. The Morgan fingerprint density at radius 2 is 1.90 bits per heavy atom. The number of halogens is 1. The largest absolute Gasteiger partial charge is 0.309 e. The molecular weight excluding hydrogens is 285 g/mol. The molecule has 110 valence electrons. The van der Waals surface area contributed by atoms with Crippen molar-refractivity contribution in [2.24, 2.45) is 0 Å². The molecule has 0 bridgehead atoms. The maximum absolute atomic E-state index is 13.0. The molecule has 0 saturated carbocycles. The molecular formula is C17H18FNOS. The lowest BCUT2D eigenvalue weighted by Gasteiger charge is -2.21. The maximum Gasteiger partial charge on any atom is 0.123 e. The highest BCUT2D eigenvalue weighted by atomic mass is 32.2. The lowest BCUT2D eigenvalue weighted by atomic mass is 10.1. The first-order valence-corrected chi connectivity index (χ1v) is 8.39. The monoisotopic (exact) mass is 303 g/mol. The molecule has 2 aromatic carbocycles. The first kappa shape index (κ1) is 14.4. The second kappa shape index (κ2) is 6.08. The van der Waals surface area contributed by atoms with Gasteiger partial charge in [-0.2, -0.15) is 0 Å². The Labute approximate surface area is 126 Å². The van der Waals surface area contributed by atoms with E-state index in [0.29, 0.717) is 4.90 Å². The van der Waals surface area contributed by atoms with Gasteiger partial charge in [-0.3, -0.25) is 4.21 Å². The molecule has 1 aliphatic carbocycles. The van der Waals surface area contributed by atoms with E-state index in [1.165, 1.54) is 23.3 Å². The minimum atomic E-state index is -1.15. The number of nitrogens with one attached hydrogen (secondary N) is 1. The number of hydrogen-bond donors (Lipinski definition) is 1. The standard InChI is InChI=1S/C17H18FNOS/c1-2-19-17-15-6-4-3-5-12(15)11-16(17)21(20)14-9-7-13(18)8-10-14/h3-10,16-17,19H,2,11H2,1H3. The van der Waals surface area contributed by atoms with Gasteiger partial charge in [-0.15, -0.1) is 0 Å². The Morgan fingerprint density at radius 3 is 2.62 bits per heavy atom. The summed E-state index contributed by atoms with van der Waals surface area (Å²) in [5.74, 6) is -0.298. The summed E-state index contributed by atoms with van der Waals surface area (Å²) >= 11 is 0. The first-order valence-electron chi connectivity index (χ1n) is 7.18. The number of benzene rings is 2. The van der Waals surface area contributed by atoms with E-state index in [1.54, 1.807) is 12.1 Å². The molecule has 2 nitrogen and oxygen atoms in total. The van der Waals surface area contributed by atoms with Crippen molar-refractivity contribution in [1.29, 1.82) is 0 Å². The van der Waals surface area contributed by atoms with E-state index >= 15 is 0 Å². The van der Waals surface area contributed by atoms with Crippen LogP contribution in [0, 0.1) is 5.82 Å². The van der Waals surface area contributed by atoms with Gasteiger partial charge < -0.3 is 5.32 Å². The zero-order chi connectivity index (χ0) is 14.8. The van der Waals surface area contributed by atoms with Crippen LogP contribution in [0.1, 0.15) is 24.1 Å². The molecule has 3 unspecified atom stereocenters. The van der Waals surface area contributed by atoms with E-state index < -0.39 is 10.8 Å². The Balaban J connectivity index is 1.91.